The monoisotopic (exact) mass is 486 g/mol. The van der Waals surface area contributed by atoms with Gasteiger partial charge in [0, 0.05) is 17.5 Å². The number of aromatic nitrogens is 1. The number of hydrogen-bond donors (Lipinski definition) is 0. The van der Waals surface area contributed by atoms with E-state index in [-0.39, 0.29) is 30.4 Å². The van der Waals surface area contributed by atoms with Gasteiger partial charge in [0.2, 0.25) is 0 Å². The molecule has 1 aliphatic carbocycles. The SMILES string of the molecule is CC1CCCC(C)N1C(=O)COC(=O)c1c2c(nc3ccccc13)/C(=C\c1ccc(F)cc1)CCC2. The lowest BCUT2D eigenvalue weighted by Gasteiger charge is -2.38. The van der Waals surface area contributed by atoms with Crippen molar-refractivity contribution < 1.29 is 18.7 Å². The van der Waals surface area contributed by atoms with E-state index in [1.54, 1.807) is 12.1 Å². The van der Waals surface area contributed by atoms with E-state index in [2.05, 4.69) is 13.8 Å². The molecule has 1 amide bonds. The van der Waals surface area contributed by atoms with Gasteiger partial charge in [0.15, 0.2) is 6.61 Å². The molecule has 5 rings (SSSR count). The van der Waals surface area contributed by atoms with Crippen LogP contribution in [-0.4, -0.2) is 40.5 Å². The minimum absolute atomic E-state index is 0.146. The number of carbonyl (C=O) groups is 2. The zero-order valence-corrected chi connectivity index (χ0v) is 20.8. The van der Waals surface area contributed by atoms with Gasteiger partial charge in [-0.2, -0.15) is 0 Å². The number of ether oxygens (including phenoxy) is 1. The fourth-order valence-corrected chi connectivity index (χ4v) is 5.66. The first-order chi connectivity index (χ1) is 17.4. The molecule has 36 heavy (non-hydrogen) atoms. The number of pyridine rings is 1. The molecule has 2 aliphatic rings. The van der Waals surface area contributed by atoms with Crippen molar-refractivity contribution in [2.45, 2.75) is 64.5 Å². The number of hydrogen-bond acceptors (Lipinski definition) is 4. The van der Waals surface area contributed by atoms with E-state index in [4.69, 9.17) is 9.72 Å². The van der Waals surface area contributed by atoms with Crippen LogP contribution in [0.3, 0.4) is 0 Å². The first-order valence-corrected chi connectivity index (χ1v) is 12.8. The van der Waals surface area contributed by atoms with Crippen LogP contribution in [0.2, 0.25) is 0 Å². The number of amides is 1. The molecule has 2 aromatic carbocycles. The van der Waals surface area contributed by atoms with E-state index in [1.807, 2.05) is 35.2 Å². The van der Waals surface area contributed by atoms with E-state index >= 15 is 0 Å². The average Bonchev–Trinajstić information content (AvgIpc) is 2.87. The number of allylic oxidation sites excluding steroid dienone is 1. The predicted molar refractivity (Wildman–Crippen MR) is 139 cm³/mol. The number of halogens is 1. The molecule has 0 saturated carbocycles. The maximum Gasteiger partial charge on any atom is 0.339 e. The molecule has 5 nitrogen and oxygen atoms in total. The van der Waals surface area contributed by atoms with Gasteiger partial charge in [-0.15, -0.1) is 0 Å². The molecule has 0 N–H and O–H groups in total. The van der Waals surface area contributed by atoms with E-state index in [0.29, 0.717) is 17.5 Å². The quantitative estimate of drug-likeness (QED) is 0.412. The molecule has 2 heterocycles. The van der Waals surface area contributed by atoms with Gasteiger partial charge in [-0.3, -0.25) is 4.79 Å². The molecule has 2 atom stereocenters. The lowest BCUT2D eigenvalue weighted by Crippen LogP contribution is -2.49. The Hall–Kier alpha value is -3.54. The number of likely N-dealkylation sites (tertiary alicyclic amines) is 1. The highest BCUT2D eigenvalue weighted by Gasteiger charge is 2.31. The Kier molecular flexibility index (Phi) is 6.86. The van der Waals surface area contributed by atoms with Crippen molar-refractivity contribution in [1.82, 2.24) is 9.88 Å². The Labute approximate surface area is 211 Å². The molecule has 1 saturated heterocycles. The summed E-state index contributed by atoms with van der Waals surface area (Å²) >= 11 is 0. The third kappa shape index (κ3) is 4.77. The van der Waals surface area contributed by atoms with Crippen LogP contribution < -0.4 is 0 Å². The van der Waals surface area contributed by atoms with Crippen molar-refractivity contribution in [2.75, 3.05) is 6.61 Å². The third-order valence-electron chi connectivity index (χ3n) is 7.39. The molecule has 1 aliphatic heterocycles. The van der Waals surface area contributed by atoms with Gasteiger partial charge in [0.1, 0.15) is 5.82 Å². The summed E-state index contributed by atoms with van der Waals surface area (Å²) in [6.07, 6.45) is 7.43. The highest BCUT2D eigenvalue weighted by atomic mass is 19.1. The van der Waals surface area contributed by atoms with Crippen LogP contribution >= 0.6 is 0 Å². The smallest absolute Gasteiger partial charge is 0.339 e. The number of benzene rings is 2. The largest absolute Gasteiger partial charge is 0.452 e. The van der Waals surface area contributed by atoms with Crippen molar-refractivity contribution in [2.24, 2.45) is 0 Å². The van der Waals surface area contributed by atoms with Gasteiger partial charge >= 0.3 is 5.97 Å². The van der Waals surface area contributed by atoms with Gasteiger partial charge in [-0.25, -0.2) is 14.2 Å². The Morgan fingerprint density at radius 2 is 1.75 bits per heavy atom. The van der Waals surface area contributed by atoms with Crippen LogP contribution in [0, 0.1) is 5.82 Å². The summed E-state index contributed by atoms with van der Waals surface area (Å²) in [6.45, 7) is 3.84. The maximum atomic E-state index is 13.5. The van der Waals surface area contributed by atoms with Crippen molar-refractivity contribution in [1.29, 1.82) is 0 Å². The Morgan fingerprint density at radius 1 is 1.03 bits per heavy atom. The summed E-state index contributed by atoms with van der Waals surface area (Å²) in [5.41, 5.74) is 4.72. The molecule has 1 aromatic heterocycles. The topological polar surface area (TPSA) is 59.5 Å². The van der Waals surface area contributed by atoms with Gasteiger partial charge < -0.3 is 9.64 Å². The van der Waals surface area contributed by atoms with E-state index in [1.165, 1.54) is 12.1 Å². The first kappa shape index (κ1) is 24.2. The summed E-state index contributed by atoms with van der Waals surface area (Å²) in [5.74, 6) is -0.913. The number of piperidine rings is 1. The fourth-order valence-electron chi connectivity index (χ4n) is 5.66. The number of carbonyl (C=O) groups excluding carboxylic acids is 2. The second-order valence-electron chi connectivity index (χ2n) is 9.91. The Morgan fingerprint density at radius 3 is 2.50 bits per heavy atom. The van der Waals surface area contributed by atoms with Gasteiger partial charge in [-0.1, -0.05) is 30.3 Å². The normalized spacial score (nSPS) is 20.9. The highest BCUT2D eigenvalue weighted by Crippen LogP contribution is 2.36. The number of esters is 1. The van der Waals surface area contributed by atoms with Crippen molar-refractivity contribution >= 4 is 34.4 Å². The second kappa shape index (κ2) is 10.2. The minimum Gasteiger partial charge on any atom is -0.452 e. The fraction of sp³-hybridized carbons (Fsp3) is 0.367. The number of fused-ring (bicyclic) bond motifs is 2. The molecule has 186 valence electrons. The minimum atomic E-state index is -0.487. The van der Waals surface area contributed by atoms with Crippen LogP contribution in [-0.2, 0) is 16.0 Å². The molecular weight excluding hydrogens is 455 g/mol. The van der Waals surface area contributed by atoms with Crippen LogP contribution in [0.4, 0.5) is 4.39 Å². The molecule has 6 heteroatoms. The number of para-hydroxylation sites is 1. The average molecular weight is 487 g/mol. The highest BCUT2D eigenvalue weighted by molar-refractivity contribution is 6.07. The summed E-state index contributed by atoms with van der Waals surface area (Å²) in [6, 6.07) is 14.2. The van der Waals surface area contributed by atoms with Crippen molar-refractivity contribution in [3.63, 3.8) is 0 Å². The number of nitrogens with zero attached hydrogens (tertiary/aromatic N) is 2. The summed E-state index contributed by atoms with van der Waals surface area (Å²) in [4.78, 5) is 33.3. The Balaban J connectivity index is 1.48. The third-order valence-corrected chi connectivity index (χ3v) is 7.39. The maximum absolute atomic E-state index is 13.5. The zero-order valence-electron chi connectivity index (χ0n) is 20.8. The van der Waals surface area contributed by atoms with Gasteiger partial charge in [0.25, 0.3) is 5.91 Å². The van der Waals surface area contributed by atoms with E-state index in [0.717, 1.165) is 59.9 Å². The predicted octanol–water partition coefficient (Wildman–Crippen LogP) is 6.20. The first-order valence-electron chi connectivity index (χ1n) is 12.8. The van der Waals surface area contributed by atoms with Crippen LogP contribution in [0.5, 0.6) is 0 Å². The second-order valence-corrected chi connectivity index (χ2v) is 9.91. The molecule has 0 radical (unpaired) electrons. The standard InChI is InChI=1S/C30H31FN2O3/c1-19-7-5-8-20(2)33(19)27(34)18-36-30(35)28-24-10-3-4-12-26(24)32-29-22(9-6-11-25(28)29)17-21-13-15-23(31)16-14-21/h3-4,10,12-17,19-20H,5-9,11,18H2,1-2H3/b22-17-. The lowest BCUT2D eigenvalue weighted by atomic mass is 9.86. The van der Waals surface area contributed by atoms with Gasteiger partial charge in [0.05, 0.1) is 16.8 Å². The molecule has 1 fully saturated rings. The summed E-state index contributed by atoms with van der Waals surface area (Å²) in [5, 5.41) is 0.733. The molecule has 0 spiro atoms. The lowest BCUT2D eigenvalue weighted by molar-refractivity contribution is -0.140. The van der Waals surface area contributed by atoms with E-state index in [9.17, 15) is 14.0 Å². The van der Waals surface area contributed by atoms with Gasteiger partial charge in [-0.05, 0) is 93.3 Å². The van der Waals surface area contributed by atoms with Crippen LogP contribution in [0.25, 0.3) is 22.6 Å². The number of rotatable bonds is 4. The van der Waals surface area contributed by atoms with Crippen LogP contribution in [0.1, 0.15) is 73.1 Å². The molecule has 0 bridgehead atoms. The Bertz CT molecular complexity index is 1320. The molecule has 2 unspecified atom stereocenters. The summed E-state index contributed by atoms with van der Waals surface area (Å²) in [7, 11) is 0. The van der Waals surface area contributed by atoms with E-state index < -0.39 is 5.97 Å². The van der Waals surface area contributed by atoms with Crippen molar-refractivity contribution in [3.05, 3.63) is 76.7 Å². The zero-order chi connectivity index (χ0) is 25.2. The van der Waals surface area contributed by atoms with Crippen LogP contribution in [0.15, 0.2) is 48.5 Å². The molecular formula is C30H31FN2O3. The molecule has 3 aromatic rings. The summed E-state index contributed by atoms with van der Waals surface area (Å²) < 4.78 is 19.1. The van der Waals surface area contributed by atoms with Crippen molar-refractivity contribution in [3.8, 4) is 0 Å².